The first-order valence-corrected chi connectivity index (χ1v) is 13.1. The monoisotopic (exact) mass is 494 g/mol. The van der Waals surface area contributed by atoms with Gasteiger partial charge in [-0.1, -0.05) is 48.5 Å². The first kappa shape index (κ1) is 24.8. The summed E-state index contributed by atoms with van der Waals surface area (Å²) >= 11 is 0. The van der Waals surface area contributed by atoms with Gasteiger partial charge in [0.2, 0.25) is 10.0 Å². The van der Waals surface area contributed by atoms with Crippen LogP contribution in [0.25, 0.3) is 0 Å². The molecular weight excluding hydrogens is 464 g/mol. The third-order valence-corrected chi connectivity index (χ3v) is 8.40. The zero-order valence-electron chi connectivity index (χ0n) is 19.6. The summed E-state index contributed by atoms with van der Waals surface area (Å²) in [6.07, 6.45) is 2.77. The molecule has 2 heterocycles. The quantitative estimate of drug-likeness (QED) is 0.422. The second-order valence-electron chi connectivity index (χ2n) is 8.43. The number of para-hydroxylation sites is 1. The van der Waals surface area contributed by atoms with Crippen molar-refractivity contribution in [2.75, 3.05) is 20.2 Å². The Morgan fingerprint density at radius 3 is 2.40 bits per heavy atom. The number of ether oxygens (including phenoxy) is 1. The van der Waals surface area contributed by atoms with Crippen LogP contribution in [0.5, 0.6) is 5.75 Å². The summed E-state index contributed by atoms with van der Waals surface area (Å²) in [4.78, 5) is 16.2. The van der Waals surface area contributed by atoms with E-state index in [9.17, 15) is 13.2 Å². The summed E-state index contributed by atoms with van der Waals surface area (Å²) in [6, 6.07) is 21.0. The van der Waals surface area contributed by atoms with E-state index in [1.807, 2.05) is 6.07 Å². The van der Waals surface area contributed by atoms with Gasteiger partial charge in [-0.2, -0.15) is 0 Å². The average molecular weight is 495 g/mol. The number of carbonyl (C=O) groups excluding carboxylic acids is 1. The number of carbonyl (C=O) groups is 1. The second kappa shape index (κ2) is 11.0. The molecule has 0 aliphatic carbocycles. The minimum Gasteiger partial charge on any atom is -0.496 e. The van der Waals surface area contributed by atoms with E-state index in [4.69, 9.17) is 4.74 Å². The molecule has 1 atom stereocenters. The van der Waals surface area contributed by atoms with Crippen molar-refractivity contribution in [1.82, 2.24) is 20.3 Å². The van der Waals surface area contributed by atoms with Crippen molar-refractivity contribution in [1.29, 1.82) is 0 Å². The lowest BCUT2D eigenvalue weighted by atomic mass is 9.85. The van der Waals surface area contributed by atoms with E-state index in [0.29, 0.717) is 42.9 Å². The number of hydrogen-bond acceptors (Lipinski definition) is 6. The maximum atomic E-state index is 14.2. The van der Waals surface area contributed by atoms with Gasteiger partial charge in [-0.15, -0.1) is 0 Å². The molecule has 3 N–H and O–H groups in total. The van der Waals surface area contributed by atoms with Crippen molar-refractivity contribution in [2.45, 2.75) is 24.3 Å². The predicted octanol–water partition coefficient (Wildman–Crippen LogP) is 2.79. The van der Waals surface area contributed by atoms with Gasteiger partial charge in [-0.25, -0.2) is 13.1 Å². The molecule has 1 saturated heterocycles. The maximum absolute atomic E-state index is 14.2. The molecule has 4 rings (SSSR count). The lowest BCUT2D eigenvalue weighted by molar-refractivity contribution is 0.0886. The molecule has 0 saturated carbocycles. The molecule has 2 aromatic carbocycles. The number of hydrogen-bond donors (Lipinski definition) is 3. The van der Waals surface area contributed by atoms with Crippen LogP contribution in [0.2, 0.25) is 0 Å². The van der Waals surface area contributed by atoms with Crippen LogP contribution < -0.4 is 20.1 Å². The van der Waals surface area contributed by atoms with Gasteiger partial charge >= 0.3 is 0 Å². The summed E-state index contributed by atoms with van der Waals surface area (Å²) in [5.74, 6) is -0.518. The Kier molecular flexibility index (Phi) is 7.80. The molecule has 35 heavy (non-hydrogen) atoms. The van der Waals surface area contributed by atoms with Crippen LogP contribution in [-0.2, 0) is 21.4 Å². The smallest absolute Gasteiger partial charge is 0.256 e. The predicted molar refractivity (Wildman–Crippen MR) is 134 cm³/mol. The van der Waals surface area contributed by atoms with Gasteiger partial charge in [-0.05, 0) is 55.8 Å². The fourth-order valence-corrected chi connectivity index (χ4v) is 6.53. The lowest BCUT2D eigenvalue weighted by Gasteiger charge is -2.43. The number of methoxy groups -OCH3 is 1. The summed E-state index contributed by atoms with van der Waals surface area (Å²) in [5, 5.41) is 6.26. The van der Waals surface area contributed by atoms with Crippen molar-refractivity contribution in [3.8, 4) is 5.75 Å². The van der Waals surface area contributed by atoms with Crippen molar-refractivity contribution < 1.29 is 17.9 Å². The Labute approximate surface area is 206 Å². The summed E-state index contributed by atoms with van der Waals surface area (Å²) in [7, 11) is -2.67. The molecule has 0 bridgehead atoms. The number of amides is 1. The van der Waals surface area contributed by atoms with Crippen LogP contribution in [0.1, 0.15) is 34.5 Å². The standard InChI is InChI=1S/C26H30N4O4S/c1-34-24-13-6-5-12-23(24)25(31)30-26(20-9-3-2-4-10-20,21-14-17-27-18-15-21)35(32,33)29-19-22-11-7-8-16-28-22/h2-13,16,21,27,29H,14-15,17-19H2,1H3,(H,30,31). The highest BCUT2D eigenvalue weighted by molar-refractivity contribution is 7.90. The topological polar surface area (TPSA) is 109 Å². The molecule has 1 amide bonds. The molecule has 9 heteroatoms. The molecule has 184 valence electrons. The van der Waals surface area contributed by atoms with Crippen LogP contribution in [0.3, 0.4) is 0 Å². The number of nitrogens with zero attached hydrogens (tertiary/aromatic N) is 1. The molecular formula is C26H30N4O4S. The number of nitrogens with one attached hydrogen (secondary N) is 3. The molecule has 1 aromatic heterocycles. The fourth-order valence-electron chi connectivity index (χ4n) is 4.62. The van der Waals surface area contributed by atoms with E-state index in [1.165, 1.54) is 7.11 Å². The fraction of sp³-hybridized carbons (Fsp3) is 0.308. The highest BCUT2D eigenvalue weighted by Gasteiger charge is 2.53. The highest BCUT2D eigenvalue weighted by Crippen LogP contribution is 2.40. The second-order valence-corrected chi connectivity index (χ2v) is 10.4. The molecule has 1 unspecified atom stereocenters. The summed E-state index contributed by atoms with van der Waals surface area (Å²) in [6.45, 7) is 1.31. The van der Waals surface area contributed by atoms with E-state index in [2.05, 4.69) is 20.3 Å². The van der Waals surface area contributed by atoms with Gasteiger partial charge in [-0.3, -0.25) is 9.78 Å². The van der Waals surface area contributed by atoms with E-state index >= 15 is 0 Å². The minimum atomic E-state index is -4.15. The van der Waals surface area contributed by atoms with E-state index in [0.717, 1.165) is 0 Å². The molecule has 1 aliphatic rings. The van der Waals surface area contributed by atoms with E-state index in [1.54, 1.807) is 72.9 Å². The van der Waals surface area contributed by atoms with Crippen LogP contribution >= 0.6 is 0 Å². The Morgan fingerprint density at radius 2 is 1.71 bits per heavy atom. The zero-order chi connectivity index (χ0) is 24.7. The lowest BCUT2D eigenvalue weighted by Crippen LogP contribution is -2.61. The number of sulfonamides is 1. The van der Waals surface area contributed by atoms with Crippen LogP contribution in [0.15, 0.2) is 79.0 Å². The Morgan fingerprint density at radius 1 is 1.03 bits per heavy atom. The average Bonchev–Trinajstić information content (AvgIpc) is 2.92. The van der Waals surface area contributed by atoms with Gasteiger partial charge in [0.25, 0.3) is 5.91 Å². The van der Waals surface area contributed by atoms with Crippen molar-refractivity contribution in [2.24, 2.45) is 5.92 Å². The van der Waals surface area contributed by atoms with Crippen molar-refractivity contribution >= 4 is 15.9 Å². The van der Waals surface area contributed by atoms with Gasteiger partial charge in [0.1, 0.15) is 5.75 Å². The number of piperidine rings is 1. The third-order valence-electron chi connectivity index (χ3n) is 6.36. The Bertz CT molecular complexity index is 1230. The number of pyridine rings is 1. The Balaban J connectivity index is 1.82. The summed E-state index contributed by atoms with van der Waals surface area (Å²) < 4.78 is 36.6. The van der Waals surface area contributed by atoms with Gasteiger partial charge in [0, 0.05) is 12.1 Å². The van der Waals surface area contributed by atoms with Gasteiger partial charge < -0.3 is 15.4 Å². The van der Waals surface area contributed by atoms with Crippen molar-refractivity contribution in [3.63, 3.8) is 0 Å². The highest BCUT2D eigenvalue weighted by atomic mass is 32.2. The normalized spacial score (nSPS) is 16.3. The SMILES string of the molecule is COc1ccccc1C(=O)NC(c1ccccc1)(C1CCNCC1)S(=O)(=O)NCc1ccccn1. The van der Waals surface area contributed by atoms with Crippen LogP contribution in [-0.4, -0.2) is 39.5 Å². The minimum absolute atomic E-state index is 0.00720. The number of benzene rings is 2. The molecule has 8 nitrogen and oxygen atoms in total. The Hall–Kier alpha value is -3.27. The van der Waals surface area contributed by atoms with E-state index < -0.39 is 20.8 Å². The zero-order valence-corrected chi connectivity index (χ0v) is 20.4. The van der Waals surface area contributed by atoms with Crippen LogP contribution in [0.4, 0.5) is 0 Å². The molecule has 1 fully saturated rings. The van der Waals surface area contributed by atoms with E-state index in [-0.39, 0.29) is 18.0 Å². The maximum Gasteiger partial charge on any atom is 0.256 e. The first-order valence-electron chi connectivity index (χ1n) is 11.6. The molecule has 0 spiro atoms. The molecule has 0 radical (unpaired) electrons. The van der Waals surface area contributed by atoms with Gasteiger partial charge in [0.05, 0.1) is 24.9 Å². The van der Waals surface area contributed by atoms with Gasteiger partial charge in [0.15, 0.2) is 4.87 Å². The largest absolute Gasteiger partial charge is 0.496 e. The number of aromatic nitrogens is 1. The van der Waals surface area contributed by atoms with Crippen LogP contribution in [0, 0.1) is 5.92 Å². The molecule has 3 aromatic rings. The summed E-state index contributed by atoms with van der Waals surface area (Å²) in [5.41, 5.74) is 1.35. The molecule has 1 aliphatic heterocycles. The third kappa shape index (κ3) is 5.22. The first-order chi connectivity index (χ1) is 17.0. The number of rotatable bonds is 9. The van der Waals surface area contributed by atoms with Crippen molar-refractivity contribution in [3.05, 3.63) is 95.8 Å².